The molecule has 1 fully saturated rings. The van der Waals surface area contributed by atoms with E-state index < -0.39 is 17.8 Å². The fourth-order valence-corrected chi connectivity index (χ4v) is 4.34. The lowest BCUT2D eigenvalue weighted by molar-refractivity contribution is -0.136. The van der Waals surface area contributed by atoms with E-state index in [4.69, 9.17) is 9.47 Å². The molecule has 0 saturated heterocycles. The lowest BCUT2D eigenvalue weighted by atomic mass is 9.95. The van der Waals surface area contributed by atoms with Crippen molar-refractivity contribution in [3.8, 4) is 11.5 Å². The molecule has 0 radical (unpaired) electrons. The predicted octanol–water partition coefficient (Wildman–Crippen LogP) is 4.46. The highest BCUT2D eigenvalue weighted by Gasteiger charge is 2.21. The SMILES string of the molecule is CCOc1ccc(C(=O)Oc2ccc(/C=N/NC(=O)C(=O)Nc3ccccc3C(=O)NC3CCCCC3)cc2)cc1. The smallest absolute Gasteiger partial charge is 0.343 e. The van der Waals surface area contributed by atoms with Crippen molar-refractivity contribution in [2.24, 2.45) is 5.10 Å². The van der Waals surface area contributed by atoms with E-state index in [2.05, 4.69) is 21.2 Å². The summed E-state index contributed by atoms with van der Waals surface area (Å²) in [6, 6.07) is 19.7. The van der Waals surface area contributed by atoms with Crippen LogP contribution in [-0.4, -0.2) is 42.6 Å². The third-order valence-electron chi connectivity index (χ3n) is 6.44. The number of para-hydroxylation sites is 1. The summed E-state index contributed by atoms with van der Waals surface area (Å²) in [5, 5.41) is 9.31. The molecule has 0 aromatic heterocycles. The Hall–Kier alpha value is -4.99. The molecule has 1 aliphatic rings. The van der Waals surface area contributed by atoms with Crippen molar-refractivity contribution in [3.63, 3.8) is 0 Å². The molecule has 10 heteroatoms. The van der Waals surface area contributed by atoms with Gasteiger partial charge in [-0.05, 0) is 86.0 Å². The number of hydrogen-bond acceptors (Lipinski definition) is 7. The van der Waals surface area contributed by atoms with Crippen LogP contribution < -0.4 is 25.5 Å². The third-order valence-corrected chi connectivity index (χ3v) is 6.44. The van der Waals surface area contributed by atoms with Gasteiger partial charge in [0, 0.05) is 6.04 Å². The topological polar surface area (TPSA) is 135 Å². The highest BCUT2D eigenvalue weighted by Crippen LogP contribution is 2.20. The summed E-state index contributed by atoms with van der Waals surface area (Å²) in [5.74, 6) is -1.77. The minimum Gasteiger partial charge on any atom is -0.494 e. The fourth-order valence-electron chi connectivity index (χ4n) is 4.34. The van der Waals surface area contributed by atoms with E-state index in [0.717, 1.165) is 25.7 Å². The van der Waals surface area contributed by atoms with Gasteiger partial charge in [0.1, 0.15) is 11.5 Å². The first kappa shape index (κ1) is 29.0. The molecule has 3 aromatic rings. The Kier molecular flexibility index (Phi) is 10.2. The van der Waals surface area contributed by atoms with Crippen molar-refractivity contribution in [1.82, 2.24) is 10.7 Å². The van der Waals surface area contributed by atoms with Crippen LogP contribution in [0.5, 0.6) is 11.5 Å². The molecule has 0 aliphatic heterocycles. The zero-order valence-corrected chi connectivity index (χ0v) is 22.7. The van der Waals surface area contributed by atoms with Gasteiger partial charge in [-0.15, -0.1) is 0 Å². The van der Waals surface area contributed by atoms with Gasteiger partial charge >= 0.3 is 17.8 Å². The number of hydrazone groups is 1. The molecule has 3 amide bonds. The fraction of sp³-hybridized carbons (Fsp3) is 0.258. The van der Waals surface area contributed by atoms with Gasteiger partial charge in [0.2, 0.25) is 0 Å². The van der Waals surface area contributed by atoms with E-state index in [1.54, 1.807) is 72.8 Å². The molecule has 212 valence electrons. The molecule has 3 N–H and O–H groups in total. The molecule has 0 bridgehead atoms. The van der Waals surface area contributed by atoms with E-state index >= 15 is 0 Å². The molecule has 4 rings (SSSR count). The first-order valence-electron chi connectivity index (χ1n) is 13.5. The molecule has 0 atom stereocenters. The van der Waals surface area contributed by atoms with Crippen LogP contribution in [0.3, 0.4) is 0 Å². The van der Waals surface area contributed by atoms with Crippen molar-refractivity contribution in [1.29, 1.82) is 0 Å². The Labute approximate surface area is 238 Å². The second-order valence-electron chi connectivity index (χ2n) is 9.42. The van der Waals surface area contributed by atoms with Gasteiger partial charge in [0.05, 0.1) is 29.6 Å². The summed E-state index contributed by atoms with van der Waals surface area (Å²) < 4.78 is 10.7. The van der Waals surface area contributed by atoms with Crippen LogP contribution in [0.4, 0.5) is 5.69 Å². The molecular weight excluding hydrogens is 524 g/mol. The Morgan fingerprint density at radius 1 is 0.854 bits per heavy atom. The number of benzene rings is 3. The Morgan fingerprint density at radius 2 is 1.54 bits per heavy atom. The summed E-state index contributed by atoms with van der Waals surface area (Å²) in [6.45, 7) is 2.41. The normalized spacial score (nSPS) is 13.3. The number of ether oxygens (including phenoxy) is 2. The van der Waals surface area contributed by atoms with Gasteiger partial charge in [-0.2, -0.15) is 5.10 Å². The zero-order valence-electron chi connectivity index (χ0n) is 22.7. The van der Waals surface area contributed by atoms with Crippen molar-refractivity contribution >= 4 is 35.6 Å². The van der Waals surface area contributed by atoms with Gasteiger partial charge < -0.3 is 20.1 Å². The van der Waals surface area contributed by atoms with Crippen LogP contribution in [0.2, 0.25) is 0 Å². The number of amides is 3. The average molecular weight is 557 g/mol. The molecule has 0 spiro atoms. The lowest BCUT2D eigenvalue weighted by Crippen LogP contribution is -2.37. The van der Waals surface area contributed by atoms with E-state index in [1.165, 1.54) is 12.6 Å². The van der Waals surface area contributed by atoms with E-state index in [9.17, 15) is 19.2 Å². The molecule has 1 aliphatic carbocycles. The van der Waals surface area contributed by atoms with Gasteiger partial charge in [-0.25, -0.2) is 10.2 Å². The van der Waals surface area contributed by atoms with Crippen molar-refractivity contribution in [2.45, 2.75) is 45.1 Å². The first-order valence-corrected chi connectivity index (χ1v) is 13.5. The van der Waals surface area contributed by atoms with Crippen LogP contribution in [0.1, 0.15) is 65.3 Å². The number of esters is 1. The first-order chi connectivity index (χ1) is 19.9. The van der Waals surface area contributed by atoms with Crippen LogP contribution in [-0.2, 0) is 9.59 Å². The van der Waals surface area contributed by atoms with E-state index in [1.807, 2.05) is 6.92 Å². The number of carbonyl (C=O) groups is 4. The Morgan fingerprint density at radius 3 is 2.24 bits per heavy atom. The van der Waals surface area contributed by atoms with E-state index in [0.29, 0.717) is 29.2 Å². The molecule has 1 saturated carbocycles. The predicted molar refractivity (Wildman–Crippen MR) is 154 cm³/mol. The Bertz CT molecular complexity index is 1400. The van der Waals surface area contributed by atoms with Gasteiger partial charge in [-0.3, -0.25) is 14.4 Å². The maximum absolute atomic E-state index is 12.8. The van der Waals surface area contributed by atoms with Crippen molar-refractivity contribution in [3.05, 3.63) is 89.5 Å². The van der Waals surface area contributed by atoms with Crippen LogP contribution in [0.15, 0.2) is 77.9 Å². The van der Waals surface area contributed by atoms with Gasteiger partial charge in [-0.1, -0.05) is 31.4 Å². The minimum absolute atomic E-state index is 0.108. The monoisotopic (exact) mass is 556 g/mol. The molecule has 0 unspecified atom stereocenters. The second kappa shape index (κ2) is 14.4. The average Bonchev–Trinajstić information content (AvgIpc) is 2.99. The van der Waals surface area contributed by atoms with Gasteiger partial charge in [0.25, 0.3) is 5.91 Å². The van der Waals surface area contributed by atoms with Crippen LogP contribution in [0.25, 0.3) is 0 Å². The van der Waals surface area contributed by atoms with Crippen LogP contribution in [0, 0.1) is 0 Å². The van der Waals surface area contributed by atoms with Crippen molar-refractivity contribution in [2.75, 3.05) is 11.9 Å². The number of hydrogen-bond donors (Lipinski definition) is 3. The number of nitrogens with one attached hydrogen (secondary N) is 3. The van der Waals surface area contributed by atoms with Gasteiger partial charge in [0.15, 0.2) is 0 Å². The summed E-state index contributed by atoms with van der Waals surface area (Å²) in [7, 11) is 0. The van der Waals surface area contributed by atoms with Crippen molar-refractivity contribution < 1.29 is 28.7 Å². The molecule has 10 nitrogen and oxygen atoms in total. The summed E-state index contributed by atoms with van der Waals surface area (Å²) in [5.41, 5.74) is 3.67. The number of carbonyl (C=O) groups excluding carboxylic acids is 4. The maximum Gasteiger partial charge on any atom is 0.343 e. The van der Waals surface area contributed by atoms with Crippen LogP contribution >= 0.6 is 0 Å². The summed E-state index contributed by atoms with van der Waals surface area (Å²) >= 11 is 0. The maximum atomic E-state index is 12.8. The number of rotatable bonds is 9. The highest BCUT2D eigenvalue weighted by atomic mass is 16.5. The summed E-state index contributed by atoms with van der Waals surface area (Å²) in [4.78, 5) is 49.9. The molecular formula is C31H32N4O6. The largest absolute Gasteiger partial charge is 0.494 e. The number of anilines is 1. The summed E-state index contributed by atoms with van der Waals surface area (Å²) in [6.07, 6.45) is 6.52. The molecule has 41 heavy (non-hydrogen) atoms. The standard InChI is InChI=1S/C31H32N4O6/c1-2-40-24-18-14-22(15-19-24)31(39)41-25-16-12-21(13-17-25)20-32-35-30(38)29(37)34-27-11-7-6-10-26(27)28(36)33-23-8-4-3-5-9-23/h6-7,10-20,23H,2-5,8-9H2,1H3,(H,33,36)(H,34,37)(H,35,38)/b32-20+. The quantitative estimate of drug-likeness (QED) is 0.117. The highest BCUT2D eigenvalue weighted by molar-refractivity contribution is 6.40. The minimum atomic E-state index is -0.996. The van der Waals surface area contributed by atoms with E-state index in [-0.39, 0.29) is 23.2 Å². The Balaban J connectivity index is 1.27. The third kappa shape index (κ3) is 8.50. The molecule has 0 heterocycles. The zero-order chi connectivity index (χ0) is 29.0. The molecule has 3 aromatic carbocycles. The number of nitrogens with zero attached hydrogens (tertiary/aromatic N) is 1. The second-order valence-corrected chi connectivity index (χ2v) is 9.42. The lowest BCUT2D eigenvalue weighted by Gasteiger charge is -2.23.